The molecule has 0 saturated heterocycles. The highest BCUT2D eigenvalue weighted by Crippen LogP contribution is 2.15. The van der Waals surface area contributed by atoms with Gasteiger partial charge in [0.2, 0.25) is 0 Å². The summed E-state index contributed by atoms with van der Waals surface area (Å²) < 4.78 is 0. The number of rotatable bonds is 4. The van der Waals surface area contributed by atoms with Crippen LogP contribution >= 0.6 is 0 Å². The van der Waals surface area contributed by atoms with E-state index in [4.69, 9.17) is 0 Å². The van der Waals surface area contributed by atoms with Crippen LogP contribution in [0.3, 0.4) is 0 Å². The average Bonchev–Trinajstić information content (AvgIpc) is 2.38. The molecule has 0 aliphatic heterocycles. The molecule has 1 amide bonds. The number of nitrogens with zero attached hydrogens (tertiary/aromatic N) is 1. The maximum Gasteiger partial charge on any atom is 0.252 e. The Bertz CT molecular complexity index is 517. The van der Waals surface area contributed by atoms with Gasteiger partial charge < -0.3 is 5.32 Å². The van der Waals surface area contributed by atoms with Gasteiger partial charge in [-0.25, -0.2) is 0 Å². The largest absolute Gasteiger partial charge is 0.352 e. The molecular weight excluding hydrogens is 212 g/mol. The number of hydrogen-bond donors (Lipinski definition) is 1. The van der Waals surface area contributed by atoms with Crippen molar-refractivity contribution in [3.63, 3.8) is 0 Å². The van der Waals surface area contributed by atoms with Crippen molar-refractivity contribution in [2.45, 2.75) is 19.8 Å². The highest BCUT2D eigenvalue weighted by atomic mass is 16.1. The molecule has 3 nitrogen and oxygen atoms in total. The molecule has 0 radical (unpaired) electrons. The Labute approximate surface area is 101 Å². The van der Waals surface area contributed by atoms with Crippen LogP contribution in [0.2, 0.25) is 0 Å². The van der Waals surface area contributed by atoms with E-state index in [0.717, 1.165) is 30.3 Å². The zero-order valence-corrected chi connectivity index (χ0v) is 9.94. The second kappa shape index (κ2) is 5.43. The van der Waals surface area contributed by atoms with Crippen LogP contribution in [0.1, 0.15) is 30.1 Å². The SMILES string of the molecule is CCCCNC(=O)c1ccnc2ccccc12. The van der Waals surface area contributed by atoms with Crippen LogP contribution in [-0.2, 0) is 0 Å². The number of carbonyl (C=O) groups excluding carboxylic acids is 1. The van der Waals surface area contributed by atoms with E-state index in [1.54, 1.807) is 12.3 Å². The molecule has 2 rings (SSSR count). The van der Waals surface area contributed by atoms with E-state index in [-0.39, 0.29) is 5.91 Å². The highest BCUT2D eigenvalue weighted by molar-refractivity contribution is 6.05. The quantitative estimate of drug-likeness (QED) is 0.817. The van der Waals surface area contributed by atoms with Crippen molar-refractivity contribution >= 4 is 16.8 Å². The van der Waals surface area contributed by atoms with Crippen molar-refractivity contribution in [1.29, 1.82) is 0 Å². The van der Waals surface area contributed by atoms with E-state index in [9.17, 15) is 4.79 Å². The van der Waals surface area contributed by atoms with Gasteiger partial charge >= 0.3 is 0 Å². The molecule has 0 aliphatic carbocycles. The van der Waals surface area contributed by atoms with E-state index in [1.807, 2.05) is 24.3 Å². The molecule has 0 fully saturated rings. The van der Waals surface area contributed by atoms with E-state index in [0.29, 0.717) is 5.56 Å². The summed E-state index contributed by atoms with van der Waals surface area (Å²) in [5, 5.41) is 3.83. The molecule has 0 spiro atoms. The van der Waals surface area contributed by atoms with Crippen molar-refractivity contribution < 1.29 is 4.79 Å². The molecule has 17 heavy (non-hydrogen) atoms. The van der Waals surface area contributed by atoms with Crippen LogP contribution in [0.15, 0.2) is 36.5 Å². The van der Waals surface area contributed by atoms with Crippen molar-refractivity contribution in [1.82, 2.24) is 10.3 Å². The lowest BCUT2D eigenvalue weighted by Crippen LogP contribution is -2.24. The maximum absolute atomic E-state index is 12.0. The number of aromatic nitrogens is 1. The number of unbranched alkanes of at least 4 members (excludes halogenated alkanes) is 1. The topological polar surface area (TPSA) is 42.0 Å². The third-order valence-electron chi connectivity index (χ3n) is 2.71. The van der Waals surface area contributed by atoms with Crippen LogP contribution in [0, 0.1) is 0 Å². The van der Waals surface area contributed by atoms with Gasteiger partial charge in [0.15, 0.2) is 0 Å². The second-order valence-corrected chi connectivity index (χ2v) is 3.99. The Hall–Kier alpha value is -1.90. The van der Waals surface area contributed by atoms with Gasteiger partial charge in [0.05, 0.1) is 11.1 Å². The monoisotopic (exact) mass is 228 g/mol. The molecule has 1 aromatic heterocycles. The zero-order valence-electron chi connectivity index (χ0n) is 9.94. The highest BCUT2D eigenvalue weighted by Gasteiger charge is 2.08. The fourth-order valence-corrected chi connectivity index (χ4v) is 1.77. The van der Waals surface area contributed by atoms with Gasteiger partial charge in [-0.2, -0.15) is 0 Å². The molecular formula is C14H16N2O. The lowest BCUT2D eigenvalue weighted by molar-refractivity contribution is 0.0955. The molecule has 1 N–H and O–H groups in total. The Morgan fingerprint density at radius 1 is 1.29 bits per heavy atom. The summed E-state index contributed by atoms with van der Waals surface area (Å²) in [6.45, 7) is 2.83. The summed E-state index contributed by atoms with van der Waals surface area (Å²) in [5.41, 5.74) is 1.56. The van der Waals surface area contributed by atoms with Crippen LogP contribution < -0.4 is 5.32 Å². The third kappa shape index (κ3) is 2.61. The maximum atomic E-state index is 12.0. The van der Waals surface area contributed by atoms with Gasteiger partial charge in [0, 0.05) is 18.1 Å². The number of pyridine rings is 1. The molecule has 2 aromatic rings. The smallest absolute Gasteiger partial charge is 0.252 e. The van der Waals surface area contributed by atoms with Gasteiger partial charge in [-0.05, 0) is 18.6 Å². The Kier molecular flexibility index (Phi) is 3.70. The predicted octanol–water partition coefficient (Wildman–Crippen LogP) is 2.76. The van der Waals surface area contributed by atoms with Gasteiger partial charge in [0.25, 0.3) is 5.91 Å². The molecule has 1 heterocycles. The van der Waals surface area contributed by atoms with Crippen LogP contribution in [0.5, 0.6) is 0 Å². The lowest BCUT2D eigenvalue weighted by Gasteiger charge is -2.06. The summed E-state index contributed by atoms with van der Waals surface area (Å²) in [7, 11) is 0. The summed E-state index contributed by atoms with van der Waals surface area (Å²) in [6.07, 6.45) is 3.77. The van der Waals surface area contributed by atoms with Crippen molar-refractivity contribution in [2.24, 2.45) is 0 Å². The van der Waals surface area contributed by atoms with E-state index in [2.05, 4.69) is 17.2 Å². The molecule has 88 valence electrons. The molecule has 0 aliphatic rings. The number of fused-ring (bicyclic) bond motifs is 1. The summed E-state index contributed by atoms with van der Waals surface area (Å²) >= 11 is 0. The van der Waals surface area contributed by atoms with Crippen LogP contribution in [-0.4, -0.2) is 17.4 Å². The Morgan fingerprint density at radius 3 is 2.94 bits per heavy atom. The van der Waals surface area contributed by atoms with Crippen LogP contribution in [0.25, 0.3) is 10.9 Å². The number of para-hydroxylation sites is 1. The predicted molar refractivity (Wildman–Crippen MR) is 69.0 cm³/mol. The fraction of sp³-hybridized carbons (Fsp3) is 0.286. The first-order chi connectivity index (χ1) is 8.33. The molecule has 3 heteroatoms. The van der Waals surface area contributed by atoms with Gasteiger partial charge in [-0.1, -0.05) is 31.5 Å². The summed E-state index contributed by atoms with van der Waals surface area (Å²) in [5.74, 6) is -0.0166. The minimum absolute atomic E-state index is 0.0166. The van der Waals surface area contributed by atoms with Gasteiger partial charge in [-0.3, -0.25) is 9.78 Å². The van der Waals surface area contributed by atoms with Crippen molar-refractivity contribution in [2.75, 3.05) is 6.54 Å². The first-order valence-electron chi connectivity index (χ1n) is 5.95. The number of carbonyl (C=O) groups is 1. The fourth-order valence-electron chi connectivity index (χ4n) is 1.77. The minimum atomic E-state index is -0.0166. The summed E-state index contributed by atoms with van der Waals surface area (Å²) in [6, 6.07) is 9.46. The molecule has 0 bridgehead atoms. The van der Waals surface area contributed by atoms with Gasteiger partial charge in [-0.15, -0.1) is 0 Å². The van der Waals surface area contributed by atoms with Gasteiger partial charge in [0.1, 0.15) is 0 Å². The van der Waals surface area contributed by atoms with Crippen LogP contribution in [0.4, 0.5) is 0 Å². The number of nitrogens with one attached hydrogen (secondary N) is 1. The standard InChI is InChI=1S/C14H16N2O/c1-2-3-9-16-14(17)12-8-10-15-13-7-5-4-6-11(12)13/h4-8,10H,2-3,9H2,1H3,(H,16,17). The Morgan fingerprint density at radius 2 is 2.12 bits per heavy atom. The molecule has 0 saturated carbocycles. The second-order valence-electron chi connectivity index (χ2n) is 3.99. The molecule has 0 atom stereocenters. The van der Waals surface area contributed by atoms with E-state index < -0.39 is 0 Å². The first kappa shape index (κ1) is 11.6. The number of benzene rings is 1. The normalized spacial score (nSPS) is 10.4. The van der Waals surface area contributed by atoms with E-state index >= 15 is 0 Å². The lowest BCUT2D eigenvalue weighted by atomic mass is 10.1. The average molecular weight is 228 g/mol. The van der Waals surface area contributed by atoms with E-state index in [1.165, 1.54) is 0 Å². The van der Waals surface area contributed by atoms with Crippen molar-refractivity contribution in [3.8, 4) is 0 Å². The third-order valence-corrected chi connectivity index (χ3v) is 2.71. The Balaban J connectivity index is 2.26. The first-order valence-corrected chi connectivity index (χ1v) is 5.95. The number of amides is 1. The number of hydrogen-bond acceptors (Lipinski definition) is 2. The summed E-state index contributed by atoms with van der Waals surface area (Å²) in [4.78, 5) is 16.2. The zero-order chi connectivity index (χ0) is 12.1. The molecule has 1 aromatic carbocycles. The minimum Gasteiger partial charge on any atom is -0.352 e. The molecule has 0 unspecified atom stereocenters. The van der Waals surface area contributed by atoms with Crippen molar-refractivity contribution in [3.05, 3.63) is 42.1 Å².